The lowest BCUT2D eigenvalue weighted by Gasteiger charge is -2.09. The van der Waals surface area contributed by atoms with E-state index < -0.39 is 0 Å². The number of aryl methyl sites for hydroxylation is 1. The number of para-hydroxylation sites is 1. The zero-order valence-corrected chi connectivity index (χ0v) is 19.0. The number of benzene rings is 3. The molecule has 0 atom stereocenters. The Labute approximate surface area is 197 Å². The number of nitrogens with two attached hydrogens (primary N) is 1. The van der Waals surface area contributed by atoms with Gasteiger partial charge < -0.3 is 10.5 Å². The molecule has 3 N–H and O–H groups in total. The van der Waals surface area contributed by atoms with Crippen LogP contribution in [0.4, 0.5) is 0 Å². The number of imidazole rings is 1. The highest BCUT2D eigenvalue weighted by atomic mass is 32.1. The molecule has 0 saturated carbocycles. The molecule has 4 rings (SSSR count). The van der Waals surface area contributed by atoms with Crippen LogP contribution in [0.15, 0.2) is 85.1 Å². The first kappa shape index (κ1) is 22.2. The third-order valence-electron chi connectivity index (χ3n) is 5.46. The van der Waals surface area contributed by atoms with Gasteiger partial charge >= 0.3 is 5.97 Å². The zero-order valence-electron chi connectivity index (χ0n) is 18.2. The summed E-state index contributed by atoms with van der Waals surface area (Å²) in [6.45, 7) is 0. The molecule has 1 aromatic heterocycles. The predicted molar refractivity (Wildman–Crippen MR) is 133 cm³/mol. The number of carbonyl (C=O) groups is 1. The quantitative estimate of drug-likeness (QED) is 0.176. The molecule has 7 heteroatoms. The first-order chi connectivity index (χ1) is 16.0. The topological polar surface area (TPSA) is 86.0 Å². The molecule has 0 aliphatic heterocycles. The number of nitrogen functional groups attached to an aromatic ring is 1. The fraction of sp³-hybridized carbons (Fsp3) is 0.115. The molecule has 166 valence electrons. The van der Waals surface area contributed by atoms with Crippen LogP contribution in [0.3, 0.4) is 0 Å². The number of hydrogen-bond acceptors (Lipinski definition) is 4. The van der Waals surface area contributed by atoms with Gasteiger partial charge in [0.2, 0.25) is 0 Å². The van der Waals surface area contributed by atoms with Gasteiger partial charge in [0.1, 0.15) is 5.84 Å². The summed E-state index contributed by atoms with van der Waals surface area (Å²) >= 11 is 5.88. The Morgan fingerprint density at radius 3 is 2.24 bits per heavy atom. The first-order valence-corrected chi connectivity index (χ1v) is 10.9. The SMILES string of the molecule is COC(=O)CCc1ccc(-c2cn(-c3ccc(C(=N)N)cc3)c(=S)n2-c2ccccc2)cc1. The monoisotopic (exact) mass is 456 g/mol. The maximum Gasteiger partial charge on any atom is 0.305 e. The number of aromatic nitrogens is 2. The normalized spacial score (nSPS) is 10.7. The van der Waals surface area contributed by atoms with E-state index in [9.17, 15) is 4.79 Å². The van der Waals surface area contributed by atoms with Crippen LogP contribution in [0.1, 0.15) is 17.5 Å². The van der Waals surface area contributed by atoms with Crippen LogP contribution in [0.5, 0.6) is 0 Å². The average Bonchev–Trinajstić information content (AvgIpc) is 3.20. The predicted octanol–water partition coefficient (Wildman–Crippen LogP) is 5.05. The van der Waals surface area contributed by atoms with Crippen LogP contribution in [0, 0.1) is 10.2 Å². The Hall–Kier alpha value is -3.97. The number of rotatable bonds is 7. The fourth-order valence-electron chi connectivity index (χ4n) is 3.65. The Morgan fingerprint density at radius 2 is 1.64 bits per heavy atom. The molecule has 0 amide bonds. The number of carbonyl (C=O) groups excluding carboxylic acids is 1. The van der Waals surface area contributed by atoms with Gasteiger partial charge in [-0.1, -0.05) is 42.5 Å². The van der Waals surface area contributed by atoms with Gasteiger partial charge in [0.05, 0.1) is 12.8 Å². The van der Waals surface area contributed by atoms with Crippen LogP contribution in [-0.2, 0) is 16.0 Å². The van der Waals surface area contributed by atoms with E-state index in [1.807, 2.05) is 94.2 Å². The van der Waals surface area contributed by atoms with Crippen molar-refractivity contribution >= 4 is 24.0 Å². The van der Waals surface area contributed by atoms with E-state index in [4.69, 9.17) is 28.1 Å². The molecule has 0 bridgehead atoms. The molecular weight excluding hydrogens is 432 g/mol. The molecule has 0 spiro atoms. The number of nitrogens with zero attached hydrogens (tertiary/aromatic N) is 2. The lowest BCUT2D eigenvalue weighted by Crippen LogP contribution is -2.10. The molecule has 4 aromatic rings. The number of amidine groups is 1. The highest BCUT2D eigenvalue weighted by molar-refractivity contribution is 7.71. The number of hydrogen-bond donors (Lipinski definition) is 2. The van der Waals surface area contributed by atoms with Gasteiger partial charge in [0.25, 0.3) is 0 Å². The smallest absolute Gasteiger partial charge is 0.305 e. The van der Waals surface area contributed by atoms with E-state index in [0.717, 1.165) is 28.2 Å². The van der Waals surface area contributed by atoms with Crippen molar-refractivity contribution in [3.05, 3.63) is 101 Å². The fourth-order valence-corrected chi connectivity index (χ4v) is 4.02. The summed E-state index contributed by atoms with van der Waals surface area (Å²) < 4.78 is 9.35. The summed E-state index contributed by atoms with van der Waals surface area (Å²) in [6, 6.07) is 25.5. The second-order valence-electron chi connectivity index (χ2n) is 7.57. The third kappa shape index (κ3) is 4.78. The van der Waals surface area contributed by atoms with Crippen molar-refractivity contribution in [2.24, 2.45) is 5.73 Å². The van der Waals surface area contributed by atoms with Crippen LogP contribution >= 0.6 is 12.2 Å². The van der Waals surface area contributed by atoms with Crippen molar-refractivity contribution < 1.29 is 9.53 Å². The summed E-state index contributed by atoms with van der Waals surface area (Å²) in [5.41, 5.74) is 11.1. The first-order valence-electron chi connectivity index (χ1n) is 10.5. The summed E-state index contributed by atoms with van der Waals surface area (Å²) in [4.78, 5) is 11.4. The maximum atomic E-state index is 11.4. The average molecular weight is 457 g/mol. The summed E-state index contributed by atoms with van der Waals surface area (Å²) in [7, 11) is 1.40. The second kappa shape index (κ2) is 9.67. The van der Waals surface area contributed by atoms with E-state index in [1.165, 1.54) is 7.11 Å². The maximum absolute atomic E-state index is 11.4. The van der Waals surface area contributed by atoms with E-state index >= 15 is 0 Å². The zero-order chi connectivity index (χ0) is 23.4. The van der Waals surface area contributed by atoms with Gasteiger partial charge in [-0.25, -0.2) is 0 Å². The van der Waals surface area contributed by atoms with Crippen LogP contribution in [0.25, 0.3) is 22.6 Å². The van der Waals surface area contributed by atoms with E-state index in [-0.39, 0.29) is 11.8 Å². The van der Waals surface area contributed by atoms with Gasteiger partial charge in [-0.15, -0.1) is 0 Å². The standard InChI is InChI=1S/C26H24N4O2S/c1-32-24(31)16-9-18-7-10-19(11-8-18)23-17-29(21-14-12-20(13-15-21)25(27)28)26(33)30(23)22-5-3-2-4-6-22/h2-8,10-15,17H,9,16H2,1H3,(H3,27,28). The van der Waals surface area contributed by atoms with Gasteiger partial charge in [-0.05, 0) is 60.6 Å². The van der Waals surface area contributed by atoms with Crippen molar-refractivity contribution in [1.82, 2.24) is 9.13 Å². The number of nitrogens with one attached hydrogen (secondary N) is 1. The van der Waals surface area contributed by atoms with E-state index in [1.54, 1.807) is 0 Å². The van der Waals surface area contributed by atoms with Gasteiger partial charge in [-0.2, -0.15) is 0 Å². The minimum absolute atomic E-state index is 0.0278. The molecule has 33 heavy (non-hydrogen) atoms. The summed E-state index contributed by atoms with van der Waals surface area (Å²) in [5, 5.41) is 7.62. The van der Waals surface area contributed by atoms with Crippen molar-refractivity contribution in [3.8, 4) is 22.6 Å². The molecule has 0 aliphatic rings. The highest BCUT2D eigenvalue weighted by Gasteiger charge is 2.14. The highest BCUT2D eigenvalue weighted by Crippen LogP contribution is 2.28. The van der Waals surface area contributed by atoms with Crippen molar-refractivity contribution in [1.29, 1.82) is 5.41 Å². The minimum Gasteiger partial charge on any atom is -0.469 e. The Bertz CT molecular complexity index is 1340. The molecule has 0 aliphatic carbocycles. The number of ether oxygens (including phenoxy) is 1. The second-order valence-corrected chi connectivity index (χ2v) is 7.94. The molecular formula is C26H24N4O2S. The number of methoxy groups -OCH3 is 1. The van der Waals surface area contributed by atoms with Gasteiger partial charge in [-0.3, -0.25) is 19.3 Å². The molecule has 3 aromatic carbocycles. The Morgan fingerprint density at radius 1 is 0.970 bits per heavy atom. The molecule has 0 saturated heterocycles. The van der Waals surface area contributed by atoms with Crippen LogP contribution in [0.2, 0.25) is 0 Å². The van der Waals surface area contributed by atoms with Gasteiger partial charge in [0.15, 0.2) is 4.77 Å². The van der Waals surface area contributed by atoms with Crippen molar-refractivity contribution in [2.45, 2.75) is 12.8 Å². The minimum atomic E-state index is -0.218. The molecule has 1 heterocycles. The largest absolute Gasteiger partial charge is 0.469 e. The lowest BCUT2D eigenvalue weighted by molar-refractivity contribution is -0.140. The molecule has 0 fully saturated rings. The molecule has 6 nitrogen and oxygen atoms in total. The van der Waals surface area contributed by atoms with E-state index in [2.05, 4.69) is 0 Å². The molecule has 0 radical (unpaired) electrons. The van der Waals surface area contributed by atoms with Crippen LogP contribution < -0.4 is 5.73 Å². The Kier molecular flexibility index (Phi) is 6.51. The van der Waals surface area contributed by atoms with Crippen molar-refractivity contribution in [3.63, 3.8) is 0 Å². The third-order valence-corrected chi connectivity index (χ3v) is 5.83. The lowest BCUT2D eigenvalue weighted by atomic mass is 10.1. The van der Waals surface area contributed by atoms with Crippen LogP contribution in [-0.4, -0.2) is 28.0 Å². The van der Waals surface area contributed by atoms with Crippen molar-refractivity contribution in [2.75, 3.05) is 7.11 Å². The van der Waals surface area contributed by atoms with E-state index in [0.29, 0.717) is 23.2 Å². The summed E-state index contributed by atoms with van der Waals surface area (Å²) in [6.07, 6.45) is 2.99. The van der Waals surface area contributed by atoms with Gasteiger partial charge in [0, 0.05) is 35.1 Å². The summed E-state index contributed by atoms with van der Waals surface area (Å²) in [5.74, 6) is -0.190. The number of esters is 1. The molecule has 0 unspecified atom stereocenters. The Balaban J connectivity index is 1.77.